The second-order valence-electron chi connectivity index (χ2n) is 6.15. The largest absolute Gasteiger partial charge is 0.786 e. The van der Waals surface area contributed by atoms with Crippen LogP contribution in [0.1, 0.15) is 0 Å². The van der Waals surface area contributed by atoms with E-state index in [-0.39, 0.29) is 0 Å². The maximum Gasteiger partial charge on any atom is 0.476 e. The molecule has 4 aliphatic rings. The van der Waals surface area contributed by atoms with Crippen molar-refractivity contribution in [3.05, 3.63) is 0 Å². The lowest BCUT2D eigenvalue weighted by Crippen LogP contribution is -2.65. The number of hydrogen-bond donors (Lipinski definition) is 1. The molecule has 3 aliphatic heterocycles. The smallest absolute Gasteiger partial charge is 0.476 e. The average molecular weight is 585 g/mol. The molecule has 0 amide bonds. The minimum Gasteiger partial charge on any atom is -0.786 e. The van der Waals surface area contributed by atoms with E-state index in [9.17, 15) is 52.2 Å². The second-order valence-corrected chi connectivity index (χ2v) is 14.3. The van der Waals surface area contributed by atoms with Crippen LogP contribution in [-0.4, -0.2) is 41.5 Å². The van der Waals surface area contributed by atoms with Gasteiger partial charge >= 0.3 is 7.82 Å². The maximum absolute atomic E-state index is 12.0. The number of fused-ring (bicyclic) bond motifs is 6. The van der Waals surface area contributed by atoms with Gasteiger partial charge < -0.3 is 52.0 Å². The molecule has 4 rings (SSSR count). The summed E-state index contributed by atoms with van der Waals surface area (Å²) in [5.41, 5.74) is 0. The van der Waals surface area contributed by atoms with Crippen LogP contribution >= 0.6 is 47.7 Å². The summed E-state index contributed by atoms with van der Waals surface area (Å²) >= 11 is 0. The van der Waals surface area contributed by atoms with Crippen molar-refractivity contribution in [2.75, 3.05) is 0 Å². The lowest BCUT2D eigenvalue weighted by atomic mass is 9.85. The summed E-state index contributed by atoms with van der Waals surface area (Å²) in [5.74, 6) is 0. The summed E-state index contributed by atoms with van der Waals surface area (Å²) in [5, 5.41) is 0. The molecule has 0 aromatic heterocycles. The summed E-state index contributed by atoms with van der Waals surface area (Å²) in [6, 6.07) is 0. The highest BCUT2D eigenvalue weighted by molar-refractivity contribution is 7.60. The van der Waals surface area contributed by atoms with Crippen LogP contribution in [0, 0.1) is 0 Å². The monoisotopic (exact) mass is 585 g/mol. The highest BCUT2D eigenvalue weighted by atomic mass is 31.3. The van der Waals surface area contributed by atoms with E-state index in [1.807, 2.05) is 0 Å². The van der Waals surface area contributed by atoms with E-state index >= 15 is 0 Å². The fourth-order valence-electron chi connectivity index (χ4n) is 3.14. The van der Waals surface area contributed by atoms with E-state index < -0.39 is 84.3 Å². The molecule has 1 aliphatic carbocycles. The topological polar surface area (TPSA) is 304 Å². The standard InChI is InChI=1S/C6H11O20P6/c7-27-18-1-2(19-28(8,9)24-27)4-6(23-32(16,17)26-30(12,13)21-4)5-3(1)20-29(10,11)25-31(14,15)22-5/h1-6H,(H,8,9)(H,10,11)(H,12,13)(H,14,15)(H,16,17)/q-1/p-4. The second kappa shape index (κ2) is 8.25. The van der Waals surface area contributed by atoms with Crippen LogP contribution < -0.4 is 24.5 Å². The van der Waals surface area contributed by atoms with E-state index in [0.29, 0.717) is 0 Å². The lowest BCUT2D eigenvalue weighted by Gasteiger charge is -2.47. The van der Waals surface area contributed by atoms with Crippen LogP contribution in [0.5, 0.6) is 0 Å². The molecule has 32 heavy (non-hydrogen) atoms. The van der Waals surface area contributed by atoms with Gasteiger partial charge in [0.25, 0.3) is 31.3 Å². The molecule has 3 heterocycles. The molecular weight excluding hydrogens is 578 g/mol. The van der Waals surface area contributed by atoms with Gasteiger partial charge in [0.05, 0.1) is 8.60 Å². The number of rotatable bonds is 0. The van der Waals surface area contributed by atoms with E-state index in [1.54, 1.807) is 0 Å². The van der Waals surface area contributed by atoms with E-state index in [0.717, 1.165) is 0 Å². The van der Waals surface area contributed by atoms with Crippen molar-refractivity contribution < 1.29 is 92.3 Å². The number of hydrogen-bond acceptors (Lipinski definition) is 19. The Hall–Kier alpha value is 0.980. The first-order valence-electron chi connectivity index (χ1n) is 7.63. The Morgan fingerprint density at radius 2 is 0.906 bits per heavy atom. The summed E-state index contributed by atoms with van der Waals surface area (Å²) in [7, 11) is -32.4. The van der Waals surface area contributed by atoms with Gasteiger partial charge in [-0.3, -0.25) is 27.1 Å². The molecule has 1 saturated carbocycles. The highest BCUT2D eigenvalue weighted by Crippen LogP contribution is 2.68. The van der Waals surface area contributed by atoms with Crippen LogP contribution in [0.2, 0.25) is 0 Å². The SMILES string of the molecule is O=P1([O-])OC2C3OP([O-])OP(=O)(O)OC3C3OP(=O)([O-])OP(=O)([O-])OC3C2OP(=O)([O-])O1. The van der Waals surface area contributed by atoms with Crippen molar-refractivity contribution >= 4 is 47.7 Å². The van der Waals surface area contributed by atoms with Crippen molar-refractivity contribution in [1.82, 2.24) is 0 Å². The van der Waals surface area contributed by atoms with Gasteiger partial charge in [-0.1, -0.05) is 0 Å². The Balaban J connectivity index is 1.89. The number of phosphoric acid groups is 5. The summed E-state index contributed by atoms with van der Waals surface area (Å²) < 4.78 is 98.3. The van der Waals surface area contributed by atoms with Gasteiger partial charge in [0.15, 0.2) is 0 Å². The molecule has 0 aromatic carbocycles. The third kappa shape index (κ3) is 5.53. The molecule has 12 atom stereocenters. The predicted molar refractivity (Wildman–Crippen MR) is 79.7 cm³/mol. The Morgan fingerprint density at radius 1 is 0.594 bits per heavy atom. The fraction of sp³-hybridized carbons (Fsp3) is 1.00. The van der Waals surface area contributed by atoms with Gasteiger partial charge in [-0.15, -0.1) is 0 Å². The first-order chi connectivity index (χ1) is 14.4. The van der Waals surface area contributed by atoms with Crippen LogP contribution in [0.3, 0.4) is 0 Å². The Morgan fingerprint density at radius 3 is 1.28 bits per heavy atom. The lowest BCUT2D eigenvalue weighted by molar-refractivity contribution is -0.258. The van der Waals surface area contributed by atoms with Crippen molar-refractivity contribution in [2.45, 2.75) is 36.6 Å². The first kappa shape index (κ1) is 26.1. The zero-order chi connectivity index (χ0) is 23.9. The molecule has 0 spiro atoms. The molecule has 20 nitrogen and oxygen atoms in total. The highest BCUT2D eigenvalue weighted by Gasteiger charge is 2.63. The molecule has 1 N–H and O–H groups in total. The molecular formula is C6H7O20P6-5. The zero-order valence-electron chi connectivity index (χ0n) is 14.4. The molecule has 186 valence electrons. The Kier molecular flexibility index (Phi) is 6.72. The van der Waals surface area contributed by atoms with Crippen LogP contribution in [-0.2, 0) is 62.9 Å². The zero-order valence-corrected chi connectivity index (χ0v) is 19.7. The van der Waals surface area contributed by atoms with Gasteiger partial charge in [0, 0.05) is 0 Å². The van der Waals surface area contributed by atoms with Gasteiger partial charge in [-0.25, -0.2) is 13.2 Å². The molecule has 0 bridgehead atoms. The molecule has 0 aromatic rings. The van der Waals surface area contributed by atoms with Crippen molar-refractivity contribution in [3.63, 3.8) is 0 Å². The third-order valence-corrected chi connectivity index (χ3v) is 11.5. The third-order valence-electron chi connectivity index (χ3n) is 3.98. The summed E-state index contributed by atoms with van der Waals surface area (Å²) in [6.07, 6.45) is -14.4. The average Bonchev–Trinajstić information content (AvgIpc) is 2.76. The fourth-order valence-corrected chi connectivity index (χ4v) is 9.83. The quantitative estimate of drug-likeness (QED) is 0.276. The van der Waals surface area contributed by atoms with E-state index in [1.165, 1.54) is 0 Å². The van der Waals surface area contributed by atoms with Crippen molar-refractivity contribution in [3.8, 4) is 0 Å². The van der Waals surface area contributed by atoms with Gasteiger partial charge in [0.2, 0.25) is 0 Å². The summed E-state index contributed by atoms with van der Waals surface area (Å²) in [6.45, 7) is 0. The first-order valence-corrected chi connectivity index (χ1v) is 16.1. The molecule has 3 saturated heterocycles. The van der Waals surface area contributed by atoms with Crippen LogP contribution in [0.4, 0.5) is 0 Å². The van der Waals surface area contributed by atoms with Crippen LogP contribution in [0.25, 0.3) is 0 Å². The Labute approximate surface area is 177 Å². The van der Waals surface area contributed by atoms with Gasteiger partial charge in [0.1, 0.15) is 36.6 Å². The van der Waals surface area contributed by atoms with Crippen LogP contribution in [0.15, 0.2) is 0 Å². The van der Waals surface area contributed by atoms with E-state index in [4.69, 9.17) is 4.52 Å². The van der Waals surface area contributed by atoms with Crippen molar-refractivity contribution in [1.29, 1.82) is 0 Å². The minimum atomic E-state index is -5.88. The molecule has 0 radical (unpaired) electrons. The predicted octanol–water partition coefficient (Wildman–Crippen LogP) is -3.04. The summed E-state index contributed by atoms with van der Waals surface area (Å²) in [4.78, 5) is 69.1. The normalized spacial score (nSPS) is 61.2. The molecule has 12 unspecified atom stereocenters. The van der Waals surface area contributed by atoms with E-state index in [2.05, 4.69) is 35.6 Å². The van der Waals surface area contributed by atoms with Gasteiger partial charge in [-0.2, -0.15) is 0 Å². The van der Waals surface area contributed by atoms with Gasteiger partial charge in [-0.05, 0) is 0 Å². The Bertz CT molecular complexity index is 998. The minimum absolute atomic E-state index is 2.26. The molecule has 26 heteroatoms. The van der Waals surface area contributed by atoms with Crippen molar-refractivity contribution in [2.24, 2.45) is 0 Å². The maximum atomic E-state index is 12.0. The molecule has 4 fully saturated rings. The number of phosphoric ester groups is 5.